The first-order valence-electron chi connectivity index (χ1n) is 10.5. The molecule has 1 aromatic heterocycles. The lowest BCUT2D eigenvalue weighted by Crippen LogP contribution is -2.28. The van der Waals surface area contributed by atoms with Gasteiger partial charge in [0.25, 0.3) is 0 Å². The highest BCUT2D eigenvalue weighted by Crippen LogP contribution is 2.39. The summed E-state index contributed by atoms with van der Waals surface area (Å²) >= 11 is 0. The largest absolute Gasteiger partial charge is 0.486 e. The van der Waals surface area contributed by atoms with Crippen LogP contribution in [0, 0.1) is 6.92 Å². The summed E-state index contributed by atoms with van der Waals surface area (Å²) in [6.07, 6.45) is 1.03. The third kappa shape index (κ3) is 3.36. The number of ether oxygens (including phenoxy) is 2. The molecule has 2 aromatic carbocycles. The zero-order chi connectivity index (χ0) is 21.5. The van der Waals surface area contributed by atoms with Gasteiger partial charge in [-0.05, 0) is 49.2 Å². The van der Waals surface area contributed by atoms with E-state index in [9.17, 15) is 9.59 Å². The van der Waals surface area contributed by atoms with E-state index in [-0.39, 0.29) is 18.1 Å². The summed E-state index contributed by atoms with van der Waals surface area (Å²) in [6.45, 7) is 4.91. The zero-order valence-electron chi connectivity index (χ0n) is 17.5. The van der Waals surface area contributed by atoms with Crippen LogP contribution in [0.4, 0.5) is 5.82 Å². The number of Topliss-reactive ketones (excluding diaryl/α,β-unsaturated/α-hetero) is 1. The predicted octanol–water partition coefficient (Wildman–Crippen LogP) is 3.82. The Morgan fingerprint density at radius 3 is 2.61 bits per heavy atom. The number of aromatic nitrogens is 2. The first-order valence-corrected chi connectivity index (χ1v) is 10.5. The molecule has 2 aliphatic heterocycles. The van der Waals surface area contributed by atoms with E-state index >= 15 is 0 Å². The molecule has 5 rings (SSSR count). The molecule has 1 atom stereocenters. The summed E-state index contributed by atoms with van der Waals surface area (Å²) in [6, 6.07) is 13.2. The molecule has 0 bridgehead atoms. The van der Waals surface area contributed by atoms with E-state index in [0.29, 0.717) is 36.1 Å². The smallest absolute Gasteiger partial charge is 0.226 e. The fourth-order valence-electron chi connectivity index (χ4n) is 4.23. The number of ketones is 1. The molecule has 0 spiro atoms. The lowest BCUT2D eigenvalue weighted by Gasteiger charge is -2.24. The normalized spacial score (nSPS) is 17.1. The summed E-state index contributed by atoms with van der Waals surface area (Å²) in [5.41, 5.74) is 4.05. The maximum Gasteiger partial charge on any atom is 0.226 e. The van der Waals surface area contributed by atoms with Crippen molar-refractivity contribution < 1.29 is 19.1 Å². The molecule has 0 fully saturated rings. The minimum absolute atomic E-state index is 0.0849. The van der Waals surface area contributed by atoms with Crippen molar-refractivity contribution in [1.82, 2.24) is 9.78 Å². The molecule has 1 N–H and O–H groups in total. The first kappa shape index (κ1) is 19.4. The maximum absolute atomic E-state index is 13.5. The number of hydrogen-bond donors (Lipinski definition) is 1. The van der Waals surface area contributed by atoms with E-state index in [1.165, 1.54) is 5.56 Å². The number of benzene rings is 2. The van der Waals surface area contributed by atoms with Crippen LogP contribution in [0.1, 0.15) is 46.4 Å². The fourth-order valence-corrected chi connectivity index (χ4v) is 4.23. The van der Waals surface area contributed by atoms with Crippen molar-refractivity contribution in [2.45, 2.75) is 32.6 Å². The summed E-state index contributed by atoms with van der Waals surface area (Å²) in [4.78, 5) is 26.0. The van der Waals surface area contributed by atoms with Gasteiger partial charge in [-0.25, -0.2) is 4.68 Å². The molecule has 7 nitrogen and oxygen atoms in total. The van der Waals surface area contributed by atoms with Crippen molar-refractivity contribution in [3.05, 3.63) is 64.8 Å². The number of hydrogen-bond acceptors (Lipinski definition) is 5. The number of fused-ring (bicyclic) bond motifs is 2. The molecule has 3 aromatic rings. The quantitative estimate of drug-likeness (QED) is 0.653. The second-order valence-electron chi connectivity index (χ2n) is 7.81. The number of amides is 1. The minimum Gasteiger partial charge on any atom is -0.486 e. The Morgan fingerprint density at radius 1 is 1.13 bits per heavy atom. The monoisotopic (exact) mass is 417 g/mol. The Morgan fingerprint density at radius 2 is 1.87 bits per heavy atom. The van der Waals surface area contributed by atoms with Crippen LogP contribution >= 0.6 is 0 Å². The molecule has 0 radical (unpaired) electrons. The number of carbonyl (C=O) groups is 2. The van der Waals surface area contributed by atoms with Crippen molar-refractivity contribution in [2.75, 3.05) is 18.5 Å². The molecule has 7 heteroatoms. The first-order chi connectivity index (χ1) is 15.0. The van der Waals surface area contributed by atoms with Crippen molar-refractivity contribution in [2.24, 2.45) is 0 Å². The van der Waals surface area contributed by atoms with Gasteiger partial charge in [0.05, 0.1) is 17.3 Å². The third-order valence-corrected chi connectivity index (χ3v) is 5.83. The van der Waals surface area contributed by atoms with Gasteiger partial charge in [0.15, 0.2) is 17.3 Å². The van der Waals surface area contributed by atoms with Gasteiger partial charge in [-0.1, -0.05) is 19.1 Å². The highest BCUT2D eigenvalue weighted by molar-refractivity contribution is 6.08. The van der Waals surface area contributed by atoms with E-state index in [2.05, 4.69) is 17.3 Å². The SMILES string of the molecule is CCc1ccc(-n2nc(C)c3c2NC(=O)CC3C(=O)c2ccc3c(c2)OCCO3)cc1. The molecule has 1 unspecified atom stereocenters. The van der Waals surface area contributed by atoms with Crippen LogP contribution in [-0.2, 0) is 11.2 Å². The van der Waals surface area contributed by atoms with Crippen molar-refractivity contribution in [1.29, 1.82) is 0 Å². The topological polar surface area (TPSA) is 82.5 Å². The van der Waals surface area contributed by atoms with Gasteiger partial charge in [0, 0.05) is 17.5 Å². The summed E-state index contributed by atoms with van der Waals surface area (Å²) in [5.74, 6) is 0.820. The van der Waals surface area contributed by atoms with Crippen molar-refractivity contribution in [3.63, 3.8) is 0 Å². The van der Waals surface area contributed by atoms with Gasteiger partial charge in [-0.15, -0.1) is 0 Å². The highest BCUT2D eigenvalue weighted by Gasteiger charge is 2.36. The molecule has 3 heterocycles. The lowest BCUT2D eigenvalue weighted by molar-refractivity contribution is -0.116. The molecule has 0 saturated carbocycles. The average molecular weight is 417 g/mol. The number of carbonyl (C=O) groups excluding carboxylic acids is 2. The van der Waals surface area contributed by atoms with Crippen molar-refractivity contribution >= 4 is 17.5 Å². The van der Waals surface area contributed by atoms with E-state index in [1.54, 1.807) is 22.9 Å². The molecule has 2 aliphatic rings. The maximum atomic E-state index is 13.5. The van der Waals surface area contributed by atoms with E-state index in [4.69, 9.17) is 9.47 Å². The van der Waals surface area contributed by atoms with Crippen LogP contribution in [-0.4, -0.2) is 34.7 Å². The van der Waals surface area contributed by atoms with Gasteiger partial charge >= 0.3 is 0 Å². The van der Waals surface area contributed by atoms with Crippen LogP contribution < -0.4 is 14.8 Å². The van der Waals surface area contributed by atoms with Crippen LogP contribution in [0.25, 0.3) is 5.69 Å². The van der Waals surface area contributed by atoms with Gasteiger partial charge < -0.3 is 14.8 Å². The number of anilines is 1. The Hall–Kier alpha value is -3.61. The Labute approximate surface area is 180 Å². The Kier molecular flexibility index (Phi) is 4.73. The fraction of sp³-hybridized carbons (Fsp3) is 0.292. The molecule has 0 aliphatic carbocycles. The second-order valence-corrected chi connectivity index (χ2v) is 7.81. The van der Waals surface area contributed by atoms with Crippen LogP contribution in [0.3, 0.4) is 0 Å². The molecule has 0 saturated heterocycles. The van der Waals surface area contributed by atoms with Gasteiger partial charge in [0.1, 0.15) is 19.0 Å². The number of rotatable bonds is 4. The molecular formula is C24H23N3O4. The molecule has 1 amide bonds. The Bertz CT molecular complexity index is 1180. The lowest BCUT2D eigenvalue weighted by atomic mass is 9.85. The van der Waals surface area contributed by atoms with Gasteiger partial charge in [-0.2, -0.15) is 5.10 Å². The molecular weight excluding hydrogens is 394 g/mol. The summed E-state index contributed by atoms with van der Waals surface area (Å²) in [7, 11) is 0. The third-order valence-electron chi connectivity index (χ3n) is 5.83. The molecule has 158 valence electrons. The van der Waals surface area contributed by atoms with Gasteiger partial charge in [-0.3, -0.25) is 9.59 Å². The Balaban J connectivity index is 1.54. The van der Waals surface area contributed by atoms with Crippen LogP contribution in [0.2, 0.25) is 0 Å². The van der Waals surface area contributed by atoms with Crippen molar-refractivity contribution in [3.8, 4) is 17.2 Å². The minimum atomic E-state index is -0.602. The number of aryl methyl sites for hydroxylation is 2. The molecule has 31 heavy (non-hydrogen) atoms. The second kappa shape index (κ2) is 7.58. The van der Waals surface area contributed by atoms with Gasteiger partial charge in [0.2, 0.25) is 5.91 Å². The number of nitrogens with one attached hydrogen (secondary N) is 1. The highest BCUT2D eigenvalue weighted by atomic mass is 16.6. The standard InChI is InChI=1S/C24H23N3O4/c1-3-15-4-7-17(8-5-15)27-24-22(14(2)26-27)18(13-21(28)25-24)23(29)16-6-9-19-20(12-16)31-11-10-30-19/h4-9,12,18H,3,10-11,13H2,1-2H3,(H,25,28). The van der Waals surface area contributed by atoms with Crippen LogP contribution in [0.5, 0.6) is 11.5 Å². The van der Waals surface area contributed by atoms with E-state index in [1.807, 2.05) is 31.2 Å². The van der Waals surface area contributed by atoms with E-state index in [0.717, 1.165) is 23.4 Å². The van der Waals surface area contributed by atoms with Crippen LogP contribution in [0.15, 0.2) is 42.5 Å². The predicted molar refractivity (Wildman–Crippen MR) is 115 cm³/mol. The zero-order valence-corrected chi connectivity index (χ0v) is 17.5. The summed E-state index contributed by atoms with van der Waals surface area (Å²) in [5, 5.41) is 7.58. The summed E-state index contributed by atoms with van der Waals surface area (Å²) < 4.78 is 12.9. The average Bonchev–Trinajstić information content (AvgIpc) is 3.13. The van der Waals surface area contributed by atoms with E-state index < -0.39 is 5.92 Å². The number of nitrogens with zero attached hydrogens (tertiary/aromatic N) is 2.